The predicted octanol–water partition coefficient (Wildman–Crippen LogP) is 1.33. The van der Waals surface area contributed by atoms with Gasteiger partial charge in [0.15, 0.2) is 0 Å². The number of nitrogens with zero attached hydrogens (tertiary/aromatic N) is 2. The highest BCUT2D eigenvalue weighted by molar-refractivity contribution is 5.74. The maximum atomic E-state index is 12.7. The van der Waals surface area contributed by atoms with E-state index in [0.29, 0.717) is 19.1 Å². The molecule has 6 nitrogen and oxygen atoms in total. The summed E-state index contributed by atoms with van der Waals surface area (Å²) in [6.07, 6.45) is 11.8. The van der Waals surface area contributed by atoms with Gasteiger partial charge in [0.05, 0.1) is 25.2 Å². The van der Waals surface area contributed by atoms with Gasteiger partial charge >= 0.3 is 5.97 Å². The zero-order valence-electron chi connectivity index (χ0n) is 16.9. The lowest BCUT2D eigenvalue weighted by atomic mass is 9.82. The van der Waals surface area contributed by atoms with E-state index >= 15 is 0 Å². The van der Waals surface area contributed by atoms with Gasteiger partial charge in [0.25, 0.3) is 0 Å². The number of methoxy groups -OCH3 is 1. The van der Waals surface area contributed by atoms with Crippen molar-refractivity contribution in [1.29, 1.82) is 0 Å². The average Bonchev–Trinajstić information content (AvgIpc) is 3.37. The summed E-state index contributed by atoms with van der Waals surface area (Å²) >= 11 is 0. The molecule has 0 amide bonds. The lowest BCUT2D eigenvalue weighted by Crippen LogP contribution is -2.49. The smallest absolute Gasteiger partial charge is 0.310 e. The molecule has 5 atom stereocenters. The maximum Gasteiger partial charge on any atom is 0.310 e. The van der Waals surface area contributed by atoms with E-state index in [-0.39, 0.29) is 23.8 Å². The van der Waals surface area contributed by atoms with E-state index in [9.17, 15) is 15.0 Å². The van der Waals surface area contributed by atoms with Gasteiger partial charge in [0.2, 0.25) is 0 Å². The zero-order chi connectivity index (χ0) is 19.7. The highest BCUT2D eigenvalue weighted by atomic mass is 16.5. The Labute approximate surface area is 167 Å². The van der Waals surface area contributed by atoms with E-state index in [4.69, 9.17) is 4.74 Å². The van der Waals surface area contributed by atoms with Crippen molar-refractivity contribution in [2.45, 2.75) is 62.8 Å². The Morgan fingerprint density at radius 2 is 1.86 bits per heavy atom. The van der Waals surface area contributed by atoms with E-state index in [0.717, 1.165) is 31.5 Å². The topological polar surface area (TPSA) is 73.2 Å². The first-order valence-electron chi connectivity index (χ1n) is 10.9. The Kier molecular flexibility index (Phi) is 6.21. The normalized spacial score (nSPS) is 38.0. The summed E-state index contributed by atoms with van der Waals surface area (Å²) in [5.41, 5.74) is 1.03. The van der Waals surface area contributed by atoms with E-state index in [1.807, 2.05) is 12.2 Å². The average molecular weight is 391 g/mol. The van der Waals surface area contributed by atoms with Crippen LogP contribution in [0.2, 0.25) is 0 Å². The third-order valence-electron chi connectivity index (χ3n) is 7.31. The van der Waals surface area contributed by atoms with Gasteiger partial charge in [-0.1, -0.05) is 31.1 Å². The molecule has 156 valence electrons. The molecule has 4 aliphatic rings. The third-order valence-corrected chi connectivity index (χ3v) is 7.31. The van der Waals surface area contributed by atoms with Crippen LogP contribution in [0, 0.1) is 11.8 Å². The van der Waals surface area contributed by atoms with Crippen molar-refractivity contribution in [2.75, 3.05) is 33.3 Å². The number of hydrogen-bond donors (Lipinski definition) is 2. The first-order valence-corrected chi connectivity index (χ1v) is 10.9. The molecule has 0 aromatic carbocycles. The Hall–Kier alpha value is -1.21. The standard InChI is InChI=1S/C22H34N2O4/c1-28-22(27)21-18(8-9-19(21)24-11-4-7-16(25)13-24)17-10-12-23(14-20(17)26)15-5-2-3-6-15/h4,7,10,15-16,18-21,25-26H,2-3,5-6,8-9,11-14H2,1H3. The van der Waals surface area contributed by atoms with Crippen LogP contribution in [0.1, 0.15) is 38.5 Å². The summed E-state index contributed by atoms with van der Waals surface area (Å²) in [7, 11) is 1.45. The minimum absolute atomic E-state index is 0.0289. The van der Waals surface area contributed by atoms with Crippen LogP contribution in [-0.2, 0) is 9.53 Å². The van der Waals surface area contributed by atoms with Crippen molar-refractivity contribution in [3.63, 3.8) is 0 Å². The fourth-order valence-electron chi connectivity index (χ4n) is 5.95. The van der Waals surface area contributed by atoms with Crippen molar-refractivity contribution in [1.82, 2.24) is 9.80 Å². The highest BCUT2D eigenvalue weighted by Gasteiger charge is 2.47. The minimum atomic E-state index is -0.503. The van der Waals surface area contributed by atoms with Gasteiger partial charge in [-0.2, -0.15) is 0 Å². The number of aliphatic hydroxyl groups is 2. The van der Waals surface area contributed by atoms with Crippen LogP contribution in [0.15, 0.2) is 23.8 Å². The molecule has 5 unspecified atom stereocenters. The number of carbonyl (C=O) groups is 1. The molecule has 4 rings (SSSR count). The third kappa shape index (κ3) is 3.92. The molecule has 2 fully saturated rings. The molecular formula is C22H34N2O4. The quantitative estimate of drug-likeness (QED) is 0.557. The van der Waals surface area contributed by atoms with Gasteiger partial charge in [-0.15, -0.1) is 0 Å². The van der Waals surface area contributed by atoms with Crippen molar-refractivity contribution in [3.05, 3.63) is 23.8 Å². The molecule has 28 heavy (non-hydrogen) atoms. The summed E-state index contributed by atoms with van der Waals surface area (Å²) in [4.78, 5) is 17.3. The van der Waals surface area contributed by atoms with Crippen LogP contribution in [0.4, 0.5) is 0 Å². The zero-order valence-corrected chi connectivity index (χ0v) is 16.9. The van der Waals surface area contributed by atoms with E-state index < -0.39 is 12.2 Å². The highest BCUT2D eigenvalue weighted by Crippen LogP contribution is 2.43. The summed E-state index contributed by atoms with van der Waals surface area (Å²) in [5, 5.41) is 21.0. The molecule has 0 bridgehead atoms. The molecule has 6 heteroatoms. The SMILES string of the molecule is COC(=O)C1C(C2=CCN(C3CCCC3)CC2O)CCC1N1CC=CC(O)C1. The first kappa shape index (κ1) is 20.1. The fourth-order valence-corrected chi connectivity index (χ4v) is 5.95. The summed E-state index contributed by atoms with van der Waals surface area (Å²) in [6, 6.07) is 0.653. The molecule has 2 aliphatic carbocycles. The second-order valence-electron chi connectivity index (χ2n) is 8.86. The molecule has 2 saturated carbocycles. The van der Waals surface area contributed by atoms with Crippen LogP contribution in [0.3, 0.4) is 0 Å². The second-order valence-corrected chi connectivity index (χ2v) is 8.86. The molecular weight excluding hydrogens is 356 g/mol. The van der Waals surface area contributed by atoms with E-state index in [1.54, 1.807) is 0 Å². The first-order chi connectivity index (χ1) is 13.6. The Balaban J connectivity index is 1.51. The van der Waals surface area contributed by atoms with Crippen molar-refractivity contribution in [2.24, 2.45) is 11.8 Å². The Morgan fingerprint density at radius 1 is 1.07 bits per heavy atom. The number of esters is 1. The maximum absolute atomic E-state index is 12.7. The molecule has 0 aromatic heterocycles. The number of aliphatic hydroxyl groups excluding tert-OH is 2. The second kappa shape index (κ2) is 8.66. The molecule has 2 aliphatic heterocycles. The monoisotopic (exact) mass is 390 g/mol. The number of rotatable bonds is 4. The molecule has 0 radical (unpaired) electrons. The van der Waals surface area contributed by atoms with E-state index in [2.05, 4.69) is 15.9 Å². The van der Waals surface area contributed by atoms with Gasteiger partial charge in [-0.05, 0) is 37.2 Å². The van der Waals surface area contributed by atoms with Crippen LogP contribution < -0.4 is 0 Å². The lowest BCUT2D eigenvalue weighted by molar-refractivity contribution is -0.148. The predicted molar refractivity (Wildman–Crippen MR) is 107 cm³/mol. The number of carbonyl (C=O) groups excluding carboxylic acids is 1. The number of hydrogen-bond acceptors (Lipinski definition) is 6. The van der Waals surface area contributed by atoms with Crippen molar-refractivity contribution in [3.8, 4) is 0 Å². The van der Waals surface area contributed by atoms with Gasteiger partial charge in [-0.25, -0.2) is 0 Å². The van der Waals surface area contributed by atoms with Gasteiger partial charge in [0.1, 0.15) is 0 Å². The van der Waals surface area contributed by atoms with Crippen LogP contribution in [0.5, 0.6) is 0 Å². The van der Waals surface area contributed by atoms with E-state index in [1.165, 1.54) is 32.8 Å². The molecule has 2 N–H and O–H groups in total. The Bertz CT molecular complexity index is 628. The van der Waals surface area contributed by atoms with Gasteiger partial charge in [-0.3, -0.25) is 14.6 Å². The van der Waals surface area contributed by atoms with Gasteiger partial charge in [0, 0.05) is 38.3 Å². The number of β-amino-alcohol motifs (C(OH)–C–C–N with tert-alkyl or cyclic N) is 2. The Morgan fingerprint density at radius 3 is 2.54 bits per heavy atom. The van der Waals surface area contributed by atoms with Crippen LogP contribution in [0.25, 0.3) is 0 Å². The van der Waals surface area contributed by atoms with Crippen LogP contribution in [-0.4, -0.2) is 83.6 Å². The molecule has 0 aromatic rings. The molecule has 2 heterocycles. The number of ether oxygens (including phenoxy) is 1. The van der Waals surface area contributed by atoms with Gasteiger partial charge < -0.3 is 14.9 Å². The van der Waals surface area contributed by atoms with Crippen molar-refractivity contribution >= 4 is 5.97 Å². The largest absolute Gasteiger partial charge is 0.469 e. The summed E-state index contributed by atoms with van der Waals surface area (Å²) in [5.74, 6) is -0.438. The summed E-state index contributed by atoms with van der Waals surface area (Å²) in [6.45, 7) is 2.85. The molecule has 0 spiro atoms. The molecule has 0 saturated heterocycles. The lowest BCUT2D eigenvalue weighted by Gasteiger charge is -2.39. The fraction of sp³-hybridized carbons (Fsp3) is 0.773. The summed E-state index contributed by atoms with van der Waals surface area (Å²) < 4.78 is 5.18. The minimum Gasteiger partial charge on any atom is -0.469 e. The van der Waals surface area contributed by atoms with Crippen molar-refractivity contribution < 1.29 is 19.7 Å². The van der Waals surface area contributed by atoms with Crippen LogP contribution >= 0.6 is 0 Å².